The number of hydrogen-bond acceptors (Lipinski definition) is 2. The lowest BCUT2D eigenvalue weighted by molar-refractivity contribution is 0.313. The van der Waals surface area contributed by atoms with Crippen molar-refractivity contribution in [2.45, 2.75) is 19.8 Å². The van der Waals surface area contributed by atoms with Gasteiger partial charge in [0.05, 0.1) is 7.11 Å². The van der Waals surface area contributed by atoms with Gasteiger partial charge in [-0.05, 0) is 43.6 Å². The second-order valence-electron chi connectivity index (χ2n) is 4.80. The van der Waals surface area contributed by atoms with Crippen LogP contribution in [0, 0.1) is 5.92 Å². The Balaban J connectivity index is 2.74. The van der Waals surface area contributed by atoms with Gasteiger partial charge in [0.2, 0.25) is 0 Å². The molecule has 1 aromatic rings. The molecule has 0 N–H and O–H groups in total. The largest absolute Gasteiger partial charge is 0.497 e. The fourth-order valence-corrected chi connectivity index (χ4v) is 1.99. The molecule has 2 nitrogen and oxygen atoms in total. The summed E-state index contributed by atoms with van der Waals surface area (Å²) in [4.78, 5) is 2.24. The SMILES string of the molecule is COc1cccc(C(C)C(C)CN(C)C)c1. The molecule has 1 aromatic carbocycles. The lowest BCUT2D eigenvalue weighted by Gasteiger charge is -2.23. The van der Waals surface area contributed by atoms with Crippen LogP contribution >= 0.6 is 0 Å². The van der Waals surface area contributed by atoms with Crippen molar-refractivity contribution < 1.29 is 4.74 Å². The number of hydrogen-bond donors (Lipinski definition) is 0. The number of benzene rings is 1. The summed E-state index contributed by atoms with van der Waals surface area (Å²) in [7, 11) is 5.95. The molecule has 2 atom stereocenters. The smallest absolute Gasteiger partial charge is 0.119 e. The van der Waals surface area contributed by atoms with Gasteiger partial charge in [-0.25, -0.2) is 0 Å². The van der Waals surface area contributed by atoms with E-state index in [2.05, 4.69) is 51.0 Å². The molecule has 0 aromatic heterocycles. The fraction of sp³-hybridized carbons (Fsp3) is 0.571. The van der Waals surface area contributed by atoms with E-state index in [4.69, 9.17) is 4.74 Å². The molecule has 1 rings (SSSR count). The van der Waals surface area contributed by atoms with Crippen LogP contribution in [0.3, 0.4) is 0 Å². The van der Waals surface area contributed by atoms with Gasteiger partial charge in [0.25, 0.3) is 0 Å². The molecule has 0 amide bonds. The average molecular weight is 221 g/mol. The van der Waals surface area contributed by atoms with E-state index >= 15 is 0 Å². The Morgan fingerprint density at radius 2 is 1.94 bits per heavy atom. The minimum Gasteiger partial charge on any atom is -0.497 e. The van der Waals surface area contributed by atoms with Crippen LogP contribution in [0.25, 0.3) is 0 Å². The Morgan fingerprint density at radius 3 is 2.50 bits per heavy atom. The highest BCUT2D eigenvalue weighted by Crippen LogP contribution is 2.27. The van der Waals surface area contributed by atoms with Gasteiger partial charge in [-0.2, -0.15) is 0 Å². The standard InChI is InChI=1S/C14H23NO/c1-11(10-15(3)4)12(2)13-7-6-8-14(9-13)16-5/h6-9,11-12H,10H2,1-5H3. The first kappa shape index (κ1) is 13.0. The number of ether oxygens (including phenoxy) is 1. The quantitative estimate of drug-likeness (QED) is 0.758. The maximum absolute atomic E-state index is 5.26. The molecule has 0 spiro atoms. The second-order valence-corrected chi connectivity index (χ2v) is 4.80. The van der Waals surface area contributed by atoms with Crippen molar-refractivity contribution in [2.24, 2.45) is 5.92 Å². The molecular weight excluding hydrogens is 198 g/mol. The number of methoxy groups -OCH3 is 1. The van der Waals surface area contributed by atoms with E-state index in [0.29, 0.717) is 11.8 Å². The predicted octanol–water partition coefficient (Wildman–Crippen LogP) is 3.00. The summed E-state index contributed by atoms with van der Waals surface area (Å²) in [6.07, 6.45) is 0. The van der Waals surface area contributed by atoms with E-state index in [-0.39, 0.29) is 0 Å². The molecule has 0 radical (unpaired) electrons. The van der Waals surface area contributed by atoms with Crippen LogP contribution in [0.4, 0.5) is 0 Å². The third-order valence-electron chi connectivity index (χ3n) is 3.13. The summed E-state index contributed by atoms with van der Waals surface area (Å²) < 4.78 is 5.26. The van der Waals surface area contributed by atoms with Crippen LogP contribution in [-0.2, 0) is 0 Å². The Kier molecular flexibility index (Phi) is 4.81. The van der Waals surface area contributed by atoms with Crippen molar-refractivity contribution in [3.8, 4) is 5.75 Å². The van der Waals surface area contributed by atoms with Crippen molar-refractivity contribution in [1.29, 1.82) is 0 Å². The van der Waals surface area contributed by atoms with Gasteiger partial charge >= 0.3 is 0 Å². The van der Waals surface area contributed by atoms with E-state index in [9.17, 15) is 0 Å². The normalized spacial score (nSPS) is 14.9. The van der Waals surface area contributed by atoms with Crippen LogP contribution in [0.1, 0.15) is 25.3 Å². The van der Waals surface area contributed by atoms with Crippen molar-refractivity contribution in [3.63, 3.8) is 0 Å². The molecule has 0 fully saturated rings. The number of rotatable bonds is 5. The predicted molar refractivity (Wildman–Crippen MR) is 69.1 cm³/mol. The first-order valence-corrected chi connectivity index (χ1v) is 5.83. The molecule has 0 heterocycles. The summed E-state index contributed by atoms with van der Waals surface area (Å²) in [6.45, 7) is 5.69. The summed E-state index contributed by atoms with van der Waals surface area (Å²) in [5, 5.41) is 0. The zero-order valence-electron chi connectivity index (χ0n) is 11.0. The zero-order chi connectivity index (χ0) is 12.1. The highest BCUT2D eigenvalue weighted by molar-refractivity contribution is 5.30. The maximum Gasteiger partial charge on any atom is 0.119 e. The second kappa shape index (κ2) is 5.90. The summed E-state index contributed by atoms with van der Waals surface area (Å²) >= 11 is 0. The summed E-state index contributed by atoms with van der Waals surface area (Å²) in [5.74, 6) is 2.14. The molecule has 0 saturated heterocycles. The van der Waals surface area contributed by atoms with E-state index in [1.54, 1.807) is 7.11 Å². The van der Waals surface area contributed by atoms with E-state index in [1.807, 2.05) is 6.07 Å². The van der Waals surface area contributed by atoms with Gasteiger partial charge in [-0.1, -0.05) is 26.0 Å². The molecule has 2 unspecified atom stereocenters. The van der Waals surface area contributed by atoms with Crippen molar-refractivity contribution in [3.05, 3.63) is 29.8 Å². The fourth-order valence-electron chi connectivity index (χ4n) is 1.99. The molecule has 0 aliphatic carbocycles. The topological polar surface area (TPSA) is 12.5 Å². The van der Waals surface area contributed by atoms with Crippen LogP contribution in [-0.4, -0.2) is 32.6 Å². The highest BCUT2D eigenvalue weighted by atomic mass is 16.5. The van der Waals surface area contributed by atoms with Crippen LogP contribution < -0.4 is 4.74 Å². The van der Waals surface area contributed by atoms with Crippen LogP contribution in [0.5, 0.6) is 5.75 Å². The Bertz CT molecular complexity index is 322. The highest BCUT2D eigenvalue weighted by Gasteiger charge is 2.15. The van der Waals surface area contributed by atoms with E-state index in [0.717, 1.165) is 12.3 Å². The molecule has 0 aliphatic rings. The minimum absolute atomic E-state index is 0.553. The Labute approximate surface area is 99.2 Å². The maximum atomic E-state index is 5.26. The first-order chi connectivity index (χ1) is 7.54. The van der Waals surface area contributed by atoms with Gasteiger partial charge in [-0.3, -0.25) is 0 Å². The van der Waals surface area contributed by atoms with Gasteiger partial charge < -0.3 is 9.64 Å². The Hall–Kier alpha value is -1.02. The van der Waals surface area contributed by atoms with Crippen LogP contribution in [0.15, 0.2) is 24.3 Å². The molecule has 16 heavy (non-hydrogen) atoms. The van der Waals surface area contributed by atoms with Crippen molar-refractivity contribution in [1.82, 2.24) is 4.90 Å². The first-order valence-electron chi connectivity index (χ1n) is 5.83. The molecule has 2 heteroatoms. The van der Waals surface area contributed by atoms with Gasteiger partial charge in [-0.15, -0.1) is 0 Å². The molecule has 0 bridgehead atoms. The third kappa shape index (κ3) is 3.53. The van der Waals surface area contributed by atoms with Gasteiger partial charge in [0.1, 0.15) is 5.75 Å². The third-order valence-corrected chi connectivity index (χ3v) is 3.13. The lowest BCUT2D eigenvalue weighted by atomic mass is 9.88. The van der Waals surface area contributed by atoms with E-state index < -0.39 is 0 Å². The average Bonchev–Trinajstić information content (AvgIpc) is 2.27. The lowest BCUT2D eigenvalue weighted by Crippen LogP contribution is -2.23. The zero-order valence-corrected chi connectivity index (χ0v) is 11.0. The summed E-state index contributed by atoms with van der Waals surface area (Å²) in [5.41, 5.74) is 1.36. The molecular formula is C14H23NO. The van der Waals surface area contributed by atoms with Crippen LogP contribution in [0.2, 0.25) is 0 Å². The summed E-state index contributed by atoms with van der Waals surface area (Å²) in [6, 6.07) is 8.37. The van der Waals surface area contributed by atoms with E-state index in [1.165, 1.54) is 5.56 Å². The number of nitrogens with zero attached hydrogens (tertiary/aromatic N) is 1. The van der Waals surface area contributed by atoms with Crippen molar-refractivity contribution >= 4 is 0 Å². The monoisotopic (exact) mass is 221 g/mol. The molecule has 0 saturated carbocycles. The van der Waals surface area contributed by atoms with Crippen molar-refractivity contribution in [2.75, 3.05) is 27.7 Å². The minimum atomic E-state index is 0.553. The molecule has 0 aliphatic heterocycles. The van der Waals surface area contributed by atoms with Gasteiger partial charge in [0.15, 0.2) is 0 Å². The Morgan fingerprint density at radius 1 is 1.25 bits per heavy atom. The van der Waals surface area contributed by atoms with Gasteiger partial charge in [0, 0.05) is 6.54 Å². The molecule has 90 valence electrons.